The Morgan fingerprint density at radius 3 is 3.00 bits per heavy atom. The molecule has 1 fully saturated rings. The van der Waals surface area contributed by atoms with Crippen molar-refractivity contribution in [2.45, 2.75) is 18.6 Å². The Kier molecular flexibility index (Phi) is 3.78. The summed E-state index contributed by atoms with van der Waals surface area (Å²) in [5.41, 5.74) is 0.0718. The molecule has 18 heavy (non-hydrogen) atoms. The first-order valence-electron chi connectivity index (χ1n) is 5.66. The van der Waals surface area contributed by atoms with Crippen LogP contribution < -0.4 is 15.4 Å². The van der Waals surface area contributed by atoms with E-state index in [0.29, 0.717) is 18.7 Å². The van der Waals surface area contributed by atoms with Crippen LogP contribution >= 0.6 is 0 Å². The molecule has 1 heterocycles. The Morgan fingerprint density at radius 2 is 2.39 bits per heavy atom. The lowest BCUT2D eigenvalue weighted by atomic mass is 10.2. The molecule has 2 rings (SSSR count). The molecule has 98 valence electrons. The molecule has 1 aliphatic rings. The smallest absolute Gasteiger partial charge is 0.241 e. The third kappa shape index (κ3) is 2.77. The van der Waals surface area contributed by atoms with Crippen molar-refractivity contribution in [1.29, 1.82) is 0 Å². The topological polar surface area (TPSA) is 70.6 Å². The molecule has 0 aromatic heterocycles. The van der Waals surface area contributed by atoms with Crippen molar-refractivity contribution < 1.29 is 19.0 Å². The molecule has 0 bridgehead atoms. The van der Waals surface area contributed by atoms with E-state index in [0.717, 1.165) is 0 Å². The number of amides is 1. The Bertz CT molecular complexity index is 453. The second kappa shape index (κ2) is 5.32. The Balaban J connectivity index is 2.06. The molecule has 5 nitrogen and oxygen atoms in total. The molecule has 0 spiro atoms. The Hall–Kier alpha value is -1.66. The van der Waals surface area contributed by atoms with Gasteiger partial charge in [0.15, 0.2) is 0 Å². The summed E-state index contributed by atoms with van der Waals surface area (Å²) in [4.78, 5) is 11.8. The van der Waals surface area contributed by atoms with Crippen molar-refractivity contribution in [3.63, 3.8) is 0 Å². The highest BCUT2D eigenvalue weighted by Gasteiger charge is 2.28. The lowest BCUT2D eigenvalue weighted by molar-refractivity contribution is -0.118. The lowest BCUT2D eigenvalue weighted by Gasteiger charge is -2.12. The van der Waals surface area contributed by atoms with Crippen molar-refractivity contribution in [3.8, 4) is 5.75 Å². The molecule has 3 N–H and O–H groups in total. The van der Waals surface area contributed by atoms with Gasteiger partial charge in [0.05, 0.1) is 24.9 Å². The SMILES string of the molecule is COc1ccc(F)c(NC(=O)C2CC(O)CN2)c1. The number of nitrogens with one attached hydrogen (secondary N) is 2. The van der Waals surface area contributed by atoms with Gasteiger partial charge in [-0.2, -0.15) is 0 Å². The van der Waals surface area contributed by atoms with E-state index < -0.39 is 18.0 Å². The van der Waals surface area contributed by atoms with E-state index >= 15 is 0 Å². The van der Waals surface area contributed by atoms with Gasteiger partial charge in [0, 0.05) is 12.6 Å². The molecular weight excluding hydrogens is 239 g/mol. The third-order valence-corrected chi connectivity index (χ3v) is 2.86. The Labute approximate surface area is 104 Å². The molecule has 0 aliphatic carbocycles. The van der Waals surface area contributed by atoms with Crippen LogP contribution in [0.4, 0.5) is 10.1 Å². The molecular formula is C12H15FN2O3. The number of methoxy groups -OCH3 is 1. The number of aliphatic hydroxyl groups excluding tert-OH is 1. The number of ether oxygens (including phenoxy) is 1. The van der Waals surface area contributed by atoms with Gasteiger partial charge in [0.2, 0.25) is 5.91 Å². The molecule has 6 heteroatoms. The fraction of sp³-hybridized carbons (Fsp3) is 0.417. The van der Waals surface area contributed by atoms with E-state index in [1.807, 2.05) is 0 Å². The van der Waals surface area contributed by atoms with Gasteiger partial charge in [-0.3, -0.25) is 4.79 Å². The number of carbonyl (C=O) groups excluding carboxylic acids is 1. The number of rotatable bonds is 3. The van der Waals surface area contributed by atoms with Crippen molar-refractivity contribution in [3.05, 3.63) is 24.0 Å². The number of carbonyl (C=O) groups is 1. The average molecular weight is 254 g/mol. The summed E-state index contributed by atoms with van der Waals surface area (Å²) in [5.74, 6) is -0.424. The number of halogens is 1. The van der Waals surface area contributed by atoms with E-state index in [1.54, 1.807) is 0 Å². The highest BCUT2D eigenvalue weighted by molar-refractivity contribution is 5.95. The Morgan fingerprint density at radius 1 is 1.61 bits per heavy atom. The van der Waals surface area contributed by atoms with Gasteiger partial charge in [-0.15, -0.1) is 0 Å². The van der Waals surface area contributed by atoms with Gasteiger partial charge in [-0.05, 0) is 18.6 Å². The van der Waals surface area contributed by atoms with Gasteiger partial charge < -0.3 is 20.5 Å². The van der Waals surface area contributed by atoms with Crippen LogP contribution in [0.3, 0.4) is 0 Å². The molecule has 2 atom stereocenters. The van der Waals surface area contributed by atoms with Crippen LogP contribution in [0.15, 0.2) is 18.2 Å². The van der Waals surface area contributed by atoms with Crippen LogP contribution in [0.1, 0.15) is 6.42 Å². The van der Waals surface area contributed by atoms with E-state index in [2.05, 4.69) is 10.6 Å². The van der Waals surface area contributed by atoms with Crippen molar-refractivity contribution >= 4 is 11.6 Å². The summed E-state index contributed by atoms with van der Waals surface area (Å²) < 4.78 is 18.5. The first kappa shape index (κ1) is 12.8. The summed E-state index contributed by atoms with van der Waals surface area (Å²) in [6, 6.07) is 3.62. The van der Waals surface area contributed by atoms with Gasteiger partial charge in [-0.1, -0.05) is 0 Å². The number of aliphatic hydroxyl groups is 1. The molecule has 1 aliphatic heterocycles. The van der Waals surface area contributed by atoms with Crippen LogP contribution in [-0.2, 0) is 4.79 Å². The zero-order chi connectivity index (χ0) is 13.1. The molecule has 1 saturated heterocycles. The van der Waals surface area contributed by atoms with Gasteiger partial charge in [0.25, 0.3) is 0 Å². The maximum atomic E-state index is 13.5. The number of hydrogen-bond donors (Lipinski definition) is 3. The second-order valence-corrected chi connectivity index (χ2v) is 4.19. The van der Waals surface area contributed by atoms with Crippen LogP contribution in [0.25, 0.3) is 0 Å². The number of β-amino-alcohol motifs (C(OH)–C–C–N with tert-alkyl or cyclic N) is 1. The van der Waals surface area contributed by atoms with E-state index in [9.17, 15) is 14.3 Å². The fourth-order valence-corrected chi connectivity index (χ4v) is 1.86. The van der Waals surface area contributed by atoms with E-state index in [4.69, 9.17) is 4.74 Å². The molecule has 0 radical (unpaired) electrons. The summed E-state index contributed by atoms with van der Waals surface area (Å²) in [5, 5.41) is 14.7. The van der Waals surface area contributed by atoms with Crippen molar-refractivity contribution in [1.82, 2.24) is 5.32 Å². The summed E-state index contributed by atoms with van der Waals surface area (Å²) >= 11 is 0. The van der Waals surface area contributed by atoms with Crippen LogP contribution in [0.5, 0.6) is 5.75 Å². The lowest BCUT2D eigenvalue weighted by Crippen LogP contribution is -2.35. The highest BCUT2D eigenvalue weighted by Crippen LogP contribution is 2.21. The van der Waals surface area contributed by atoms with Crippen LogP contribution in [-0.4, -0.2) is 36.8 Å². The standard InChI is InChI=1S/C12H15FN2O3/c1-18-8-2-3-9(13)10(5-8)15-12(17)11-4-7(16)6-14-11/h2-3,5,7,11,14,16H,4,6H2,1H3,(H,15,17). The summed E-state index contributed by atoms with van der Waals surface area (Å²) in [6.07, 6.45) is -0.201. The van der Waals surface area contributed by atoms with Gasteiger partial charge >= 0.3 is 0 Å². The van der Waals surface area contributed by atoms with Crippen LogP contribution in [0.2, 0.25) is 0 Å². The fourth-order valence-electron chi connectivity index (χ4n) is 1.86. The highest BCUT2D eigenvalue weighted by atomic mass is 19.1. The number of anilines is 1. The number of benzene rings is 1. The maximum Gasteiger partial charge on any atom is 0.241 e. The zero-order valence-corrected chi connectivity index (χ0v) is 9.94. The normalized spacial score (nSPS) is 22.8. The van der Waals surface area contributed by atoms with Gasteiger partial charge in [0.1, 0.15) is 11.6 Å². The maximum absolute atomic E-state index is 13.5. The number of hydrogen-bond acceptors (Lipinski definition) is 4. The average Bonchev–Trinajstić information content (AvgIpc) is 2.79. The van der Waals surface area contributed by atoms with Crippen molar-refractivity contribution in [2.75, 3.05) is 19.0 Å². The van der Waals surface area contributed by atoms with E-state index in [-0.39, 0.29) is 11.6 Å². The first-order valence-corrected chi connectivity index (χ1v) is 5.66. The minimum Gasteiger partial charge on any atom is -0.497 e. The molecule has 1 aromatic carbocycles. The molecule has 1 aromatic rings. The quantitative estimate of drug-likeness (QED) is 0.734. The predicted octanol–water partition coefficient (Wildman–Crippen LogP) is 0.496. The van der Waals surface area contributed by atoms with E-state index in [1.165, 1.54) is 25.3 Å². The summed E-state index contributed by atoms with van der Waals surface area (Å²) in [6.45, 7) is 0.374. The monoisotopic (exact) mass is 254 g/mol. The van der Waals surface area contributed by atoms with Crippen molar-refractivity contribution in [2.24, 2.45) is 0 Å². The van der Waals surface area contributed by atoms with Crippen LogP contribution in [0, 0.1) is 5.82 Å². The minimum atomic E-state index is -0.532. The minimum absolute atomic E-state index is 0.0718. The predicted molar refractivity (Wildman–Crippen MR) is 64.0 cm³/mol. The molecule has 2 unspecified atom stereocenters. The zero-order valence-electron chi connectivity index (χ0n) is 9.94. The third-order valence-electron chi connectivity index (χ3n) is 2.86. The summed E-state index contributed by atoms with van der Waals surface area (Å²) in [7, 11) is 1.47. The second-order valence-electron chi connectivity index (χ2n) is 4.19. The first-order chi connectivity index (χ1) is 8.60. The van der Waals surface area contributed by atoms with Gasteiger partial charge in [-0.25, -0.2) is 4.39 Å². The molecule has 0 saturated carbocycles. The largest absolute Gasteiger partial charge is 0.497 e. The molecule has 1 amide bonds.